The molecule has 7 heteroatoms. The van der Waals surface area contributed by atoms with Gasteiger partial charge in [0.05, 0.1) is 6.10 Å². The number of benzene rings is 1. The predicted octanol–water partition coefficient (Wildman–Crippen LogP) is 1.41. The van der Waals surface area contributed by atoms with Crippen LogP contribution >= 0.6 is 0 Å². The van der Waals surface area contributed by atoms with Crippen LogP contribution in [0.4, 0.5) is 10.1 Å². The number of carbonyl (C=O) groups excluding carboxylic acids is 2. The highest BCUT2D eigenvalue weighted by atomic mass is 19.1. The van der Waals surface area contributed by atoms with Crippen molar-refractivity contribution in [2.24, 2.45) is 0 Å². The van der Waals surface area contributed by atoms with Gasteiger partial charge in [0, 0.05) is 45.0 Å². The van der Waals surface area contributed by atoms with Gasteiger partial charge < -0.3 is 19.9 Å². The fraction of sp³-hybridized carbons (Fsp3) is 0.556. The minimum Gasteiger partial charge on any atom is -0.379 e. The van der Waals surface area contributed by atoms with Gasteiger partial charge in [-0.3, -0.25) is 9.59 Å². The standard InChI is InChI=1S/C18H26FN3O3/c1-14(2)25-13-3-8-20-17(23)18(24)22-11-9-21(10-12-22)16-6-4-15(19)5-7-16/h4-7,14H,3,8-13H2,1-2H3,(H,20,23). The number of nitrogens with zero attached hydrogens (tertiary/aromatic N) is 2. The molecule has 0 radical (unpaired) electrons. The van der Waals surface area contributed by atoms with E-state index in [1.54, 1.807) is 17.0 Å². The third-order valence-electron chi connectivity index (χ3n) is 4.01. The molecule has 1 aliphatic heterocycles. The molecule has 0 bridgehead atoms. The summed E-state index contributed by atoms with van der Waals surface area (Å²) in [5.41, 5.74) is 0.920. The van der Waals surface area contributed by atoms with E-state index < -0.39 is 11.8 Å². The van der Waals surface area contributed by atoms with Gasteiger partial charge in [-0.05, 0) is 44.5 Å². The molecule has 1 N–H and O–H groups in total. The fourth-order valence-electron chi connectivity index (χ4n) is 2.63. The van der Waals surface area contributed by atoms with E-state index in [9.17, 15) is 14.0 Å². The fourth-order valence-corrected chi connectivity index (χ4v) is 2.63. The minimum atomic E-state index is -0.570. The second kappa shape index (κ2) is 9.36. The number of hydrogen-bond donors (Lipinski definition) is 1. The Morgan fingerprint density at radius 3 is 2.40 bits per heavy atom. The van der Waals surface area contributed by atoms with Crippen molar-refractivity contribution in [1.82, 2.24) is 10.2 Å². The molecular weight excluding hydrogens is 325 g/mol. The molecule has 138 valence electrons. The number of amides is 2. The summed E-state index contributed by atoms with van der Waals surface area (Å²) in [5, 5.41) is 2.64. The molecule has 1 heterocycles. The summed E-state index contributed by atoms with van der Waals surface area (Å²) < 4.78 is 18.4. The molecule has 0 spiro atoms. The molecule has 0 unspecified atom stereocenters. The van der Waals surface area contributed by atoms with Crippen molar-refractivity contribution >= 4 is 17.5 Å². The highest BCUT2D eigenvalue weighted by molar-refractivity contribution is 6.35. The zero-order valence-electron chi connectivity index (χ0n) is 14.8. The van der Waals surface area contributed by atoms with E-state index in [4.69, 9.17) is 4.74 Å². The van der Waals surface area contributed by atoms with Crippen LogP contribution in [-0.4, -0.2) is 62.1 Å². The van der Waals surface area contributed by atoms with Crippen molar-refractivity contribution in [3.63, 3.8) is 0 Å². The summed E-state index contributed by atoms with van der Waals surface area (Å²) in [7, 11) is 0. The van der Waals surface area contributed by atoms with E-state index in [0.29, 0.717) is 45.8 Å². The van der Waals surface area contributed by atoms with Gasteiger partial charge in [-0.15, -0.1) is 0 Å². The molecule has 1 aromatic carbocycles. The number of ether oxygens (including phenoxy) is 1. The van der Waals surface area contributed by atoms with E-state index in [1.807, 2.05) is 13.8 Å². The number of anilines is 1. The van der Waals surface area contributed by atoms with Crippen LogP contribution in [0.15, 0.2) is 24.3 Å². The summed E-state index contributed by atoms with van der Waals surface area (Å²) in [6, 6.07) is 6.28. The Morgan fingerprint density at radius 1 is 1.16 bits per heavy atom. The molecule has 1 fully saturated rings. The molecular formula is C18H26FN3O3. The van der Waals surface area contributed by atoms with Crippen LogP contribution in [0, 0.1) is 5.82 Å². The third kappa shape index (κ3) is 6.01. The zero-order valence-corrected chi connectivity index (χ0v) is 14.8. The van der Waals surface area contributed by atoms with Crippen LogP contribution in [0.2, 0.25) is 0 Å². The number of hydrogen-bond acceptors (Lipinski definition) is 4. The van der Waals surface area contributed by atoms with Crippen LogP contribution < -0.4 is 10.2 Å². The maximum Gasteiger partial charge on any atom is 0.312 e. The van der Waals surface area contributed by atoms with Crippen LogP contribution in [-0.2, 0) is 14.3 Å². The van der Waals surface area contributed by atoms with E-state index in [-0.39, 0.29) is 11.9 Å². The number of carbonyl (C=O) groups is 2. The molecule has 6 nitrogen and oxygen atoms in total. The molecule has 1 aliphatic rings. The van der Waals surface area contributed by atoms with Crippen molar-refractivity contribution in [3.05, 3.63) is 30.1 Å². The Kier molecular flexibility index (Phi) is 7.18. The maximum atomic E-state index is 13.0. The molecule has 2 rings (SSSR count). The summed E-state index contributed by atoms with van der Waals surface area (Å²) in [5.74, 6) is -1.34. The average Bonchev–Trinajstić information content (AvgIpc) is 2.61. The molecule has 1 saturated heterocycles. The van der Waals surface area contributed by atoms with Gasteiger partial charge in [0.25, 0.3) is 0 Å². The Morgan fingerprint density at radius 2 is 1.80 bits per heavy atom. The smallest absolute Gasteiger partial charge is 0.312 e. The predicted molar refractivity (Wildman–Crippen MR) is 93.9 cm³/mol. The Bertz CT molecular complexity index is 569. The van der Waals surface area contributed by atoms with Gasteiger partial charge in [0.2, 0.25) is 0 Å². The van der Waals surface area contributed by atoms with E-state index >= 15 is 0 Å². The monoisotopic (exact) mass is 351 g/mol. The lowest BCUT2D eigenvalue weighted by Gasteiger charge is -2.35. The largest absolute Gasteiger partial charge is 0.379 e. The van der Waals surface area contributed by atoms with E-state index in [2.05, 4.69) is 10.2 Å². The highest BCUT2D eigenvalue weighted by Gasteiger charge is 2.25. The summed E-state index contributed by atoms with van der Waals surface area (Å²) in [6.45, 7) is 7.07. The number of nitrogens with one attached hydrogen (secondary N) is 1. The first-order valence-electron chi connectivity index (χ1n) is 8.66. The molecule has 1 aromatic rings. The average molecular weight is 351 g/mol. The number of piperazine rings is 1. The lowest BCUT2D eigenvalue weighted by Crippen LogP contribution is -2.52. The summed E-state index contributed by atoms with van der Waals surface area (Å²) >= 11 is 0. The van der Waals surface area contributed by atoms with Gasteiger partial charge in [0.1, 0.15) is 5.82 Å². The normalized spacial score (nSPS) is 14.7. The first kappa shape index (κ1) is 19.2. The zero-order chi connectivity index (χ0) is 18.2. The second-order valence-corrected chi connectivity index (χ2v) is 6.28. The Labute approximate surface area is 147 Å². The molecule has 0 saturated carbocycles. The Hall–Kier alpha value is -2.15. The van der Waals surface area contributed by atoms with Gasteiger partial charge in [-0.25, -0.2) is 4.39 Å². The van der Waals surface area contributed by atoms with E-state index in [1.165, 1.54) is 12.1 Å². The topological polar surface area (TPSA) is 61.9 Å². The van der Waals surface area contributed by atoms with Crippen molar-refractivity contribution in [1.29, 1.82) is 0 Å². The van der Waals surface area contributed by atoms with Crippen molar-refractivity contribution in [2.45, 2.75) is 26.4 Å². The van der Waals surface area contributed by atoms with Gasteiger partial charge in [-0.2, -0.15) is 0 Å². The molecule has 2 amide bonds. The van der Waals surface area contributed by atoms with Gasteiger partial charge in [-0.1, -0.05) is 0 Å². The molecule has 0 atom stereocenters. The van der Waals surface area contributed by atoms with Crippen molar-refractivity contribution in [3.8, 4) is 0 Å². The second-order valence-electron chi connectivity index (χ2n) is 6.28. The van der Waals surface area contributed by atoms with Crippen LogP contribution in [0.5, 0.6) is 0 Å². The third-order valence-corrected chi connectivity index (χ3v) is 4.01. The summed E-state index contributed by atoms with van der Waals surface area (Å²) in [4.78, 5) is 27.7. The van der Waals surface area contributed by atoms with Crippen LogP contribution in [0.25, 0.3) is 0 Å². The van der Waals surface area contributed by atoms with Crippen LogP contribution in [0.3, 0.4) is 0 Å². The first-order valence-corrected chi connectivity index (χ1v) is 8.66. The van der Waals surface area contributed by atoms with Crippen molar-refractivity contribution in [2.75, 3.05) is 44.2 Å². The number of rotatable bonds is 6. The molecule has 0 aromatic heterocycles. The minimum absolute atomic E-state index is 0.162. The quantitative estimate of drug-likeness (QED) is 0.622. The lowest BCUT2D eigenvalue weighted by atomic mass is 10.2. The summed E-state index contributed by atoms with van der Waals surface area (Å²) in [6.07, 6.45) is 0.838. The van der Waals surface area contributed by atoms with Gasteiger partial charge >= 0.3 is 11.8 Å². The highest BCUT2D eigenvalue weighted by Crippen LogP contribution is 2.16. The van der Waals surface area contributed by atoms with Crippen molar-refractivity contribution < 1.29 is 18.7 Å². The molecule has 0 aliphatic carbocycles. The van der Waals surface area contributed by atoms with E-state index in [0.717, 1.165) is 5.69 Å². The lowest BCUT2D eigenvalue weighted by molar-refractivity contribution is -0.146. The van der Waals surface area contributed by atoms with Gasteiger partial charge in [0.15, 0.2) is 0 Å². The molecule has 25 heavy (non-hydrogen) atoms. The maximum absolute atomic E-state index is 13.0. The first-order chi connectivity index (χ1) is 12.0. The Balaban J connectivity index is 1.71. The number of halogens is 1. The van der Waals surface area contributed by atoms with Crippen LogP contribution in [0.1, 0.15) is 20.3 Å². The SMILES string of the molecule is CC(C)OCCCNC(=O)C(=O)N1CCN(c2ccc(F)cc2)CC1.